The maximum absolute atomic E-state index is 13.3. The van der Waals surface area contributed by atoms with Gasteiger partial charge < -0.3 is 19.8 Å². The number of hydrogen-bond acceptors (Lipinski definition) is 6. The minimum Gasteiger partial charge on any atom is -0.494 e. The van der Waals surface area contributed by atoms with Crippen LogP contribution in [-0.4, -0.2) is 22.7 Å². The Kier molecular flexibility index (Phi) is 7.87. The van der Waals surface area contributed by atoms with Gasteiger partial charge in [-0.25, -0.2) is 5.10 Å². The van der Waals surface area contributed by atoms with Gasteiger partial charge in [0.15, 0.2) is 0 Å². The number of aromatic nitrogens is 2. The van der Waals surface area contributed by atoms with E-state index in [0.29, 0.717) is 18.6 Å². The van der Waals surface area contributed by atoms with Gasteiger partial charge in [-0.05, 0) is 85.7 Å². The molecule has 5 rings (SSSR count). The van der Waals surface area contributed by atoms with E-state index in [0.717, 1.165) is 71.5 Å². The van der Waals surface area contributed by atoms with Crippen molar-refractivity contribution in [1.82, 2.24) is 15.5 Å². The summed E-state index contributed by atoms with van der Waals surface area (Å²) in [5.41, 5.74) is 5.84. The maximum atomic E-state index is 13.3. The predicted octanol–water partition coefficient (Wildman–Crippen LogP) is 5.16. The van der Waals surface area contributed by atoms with E-state index in [4.69, 9.17) is 9.15 Å². The van der Waals surface area contributed by atoms with Crippen molar-refractivity contribution in [2.75, 3.05) is 11.9 Å². The zero-order valence-electron chi connectivity index (χ0n) is 21.5. The minimum absolute atomic E-state index is 0.0857. The second-order valence-electron chi connectivity index (χ2n) is 9.52. The standard InChI is InChI=1S/C30H32N4O4/c1-2-15-38-24-12-10-23(11-13-24)31-28(22-14-16-37-19-22)32-29(35)21-7-5-6-20(17-21)18-27-25-8-3-4-9-26(25)30(36)34-33-27/h5-7,10-14,16-17,19,28,31H,2-4,8-9,15,18H2,1H3,(H,32,35)(H,34,36). The summed E-state index contributed by atoms with van der Waals surface area (Å²) < 4.78 is 10.9. The van der Waals surface area contributed by atoms with Gasteiger partial charge in [0, 0.05) is 28.8 Å². The monoisotopic (exact) mass is 512 g/mol. The molecule has 1 unspecified atom stereocenters. The van der Waals surface area contributed by atoms with Gasteiger partial charge in [-0.1, -0.05) is 19.1 Å². The third kappa shape index (κ3) is 5.96. The molecule has 0 saturated heterocycles. The molecular weight excluding hydrogens is 480 g/mol. The van der Waals surface area contributed by atoms with E-state index >= 15 is 0 Å². The predicted molar refractivity (Wildman–Crippen MR) is 146 cm³/mol. The van der Waals surface area contributed by atoms with Crippen LogP contribution in [0.5, 0.6) is 5.75 Å². The molecule has 196 valence electrons. The average Bonchev–Trinajstić information content (AvgIpc) is 3.49. The Bertz CT molecular complexity index is 1430. The molecule has 0 fully saturated rings. The lowest BCUT2D eigenvalue weighted by atomic mass is 9.90. The number of carbonyl (C=O) groups excluding carboxylic acids is 1. The third-order valence-corrected chi connectivity index (χ3v) is 6.73. The number of furan rings is 1. The second-order valence-corrected chi connectivity index (χ2v) is 9.52. The molecule has 8 nitrogen and oxygen atoms in total. The molecule has 2 aromatic heterocycles. The van der Waals surface area contributed by atoms with E-state index in [1.807, 2.05) is 48.5 Å². The molecule has 0 saturated carbocycles. The van der Waals surface area contributed by atoms with Crippen molar-refractivity contribution >= 4 is 11.6 Å². The highest BCUT2D eigenvalue weighted by molar-refractivity contribution is 5.94. The largest absolute Gasteiger partial charge is 0.494 e. The first-order chi connectivity index (χ1) is 18.6. The summed E-state index contributed by atoms with van der Waals surface area (Å²) in [6.07, 6.45) is 7.93. The van der Waals surface area contributed by atoms with Crippen LogP contribution < -0.4 is 20.9 Å². The van der Waals surface area contributed by atoms with Gasteiger partial charge in [0.2, 0.25) is 0 Å². The summed E-state index contributed by atoms with van der Waals surface area (Å²) in [5, 5.41) is 13.4. The number of aromatic amines is 1. The second kappa shape index (κ2) is 11.8. The van der Waals surface area contributed by atoms with Gasteiger partial charge in [0.25, 0.3) is 11.5 Å². The van der Waals surface area contributed by atoms with Gasteiger partial charge >= 0.3 is 0 Å². The first-order valence-corrected chi connectivity index (χ1v) is 13.1. The summed E-state index contributed by atoms with van der Waals surface area (Å²) in [5.74, 6) is 0.585. The highest BCUT2D eigenvalue weighted by atomic mass is 16.5. The molecule has 4 aromatic rings. The fraction of sp³-hybridized carbons (Fsp3) is 0.300. The molecule has 1 aliphatic carbocycles. The van der Waals surface area contributed by atoms with Crippen LogP contribution in [0.3, 0.4) is 0 Å². The van der Waals surface area contributed by atoms with Crippen molar-refractivity contribution in [3.8, 4) is 5.75 Å². The van der Waals surface area contributed by atoms with Crippen LogP contribution in [0.4, 0.5) is 5.69 Å². The number of benzene rings is 2. The van der Waals surface area contributed by atoms with Crippen LogP contribution in [0.1, 0.15) is 70.7 Å². The quantitative estimate of drug-likeness (QED) is 0.253. The Morgan fingerprint density at radius 1 is 1.11 bits per heavy atom. The molecule has 0 bridgehead atoms. The van der Waals surface area contributed by atoms with Gasteiger partial charge in [-0.15, -0.1) is 0 Å². The number of fused-ring (bicyclic) bond motifs is 1. The fourth-order valence-corrected chi connectivity index (χ4v) is 4.78. The third-order valence-electron chi connectivity index (χ3n) is 6.73. The van der Waals surface area contributed by atoms with Crippen molar-refractivity contribution < 1.29 is 13.9 Å². The lowest BCUT2D eigenvalue weighted by Gasteiger charge is -2.21. The van der Waals surface area contributed by atoms with Crippen molar-refractivity contribution in [3.63, 3.8) is 0 Å². The fourth-order valence-electron chi connectivity index (χ4n) is 4.78. The molecule has 1 atom stereocenters. The Morgan fingerprint density at radius 3 is 2.68 bits per heavy atom. The Hall–Kier alpha value is -4.33. The molecule has 0 radical (unpaired) electrons. The van der Waals surface area contributed by atoms with Gasteiger partial charge in [-0.3, -0.25) is 9.59 Å². The number of hydrogen-bond donors (Lipinski definition) is 3. The summed E-state index contributed by atoms with van der Waals surface area (Å²) in [7, 11) is 0. The number of rotatable bonds is 10. The van der Waals surface area contributed by atoms with Gasteiger partial charge in [-0.2, -0.15) is 5.10 Å². The van der Waals surface area contributed by atoms with Crippen LogP contribution in [0.2, 0.25) is 0 Å². The van der Waals surface area contributed by atoms with Crippen LogP contribution >= 0.6 is 0 Å². The molecule has 1 amide bonds. The van der Waals surface area contributed by atoms with Gasteiger partial charge in [0.1, 0.15) is 11.9 Å². The molecule has 8 heteroatoms. The molecule has 3 N–H and O–H groups in total. The lowest BCUT2D eigenvalue weighted by molar-refractivity contribution is 0.0941. The Labute approximate surface area is 221 Å². The summed E-state index contributed by atoms with van der Waals surface area (Å²) in [4.78, 5) is 25.5. The van der Waals surface area contributed by atoms with E-state index in [9.17, 15) is 9.59 Å². The minimum atomic E-state index is -0.500. The maximum Gasteiger partial charge on any atom is 0.267 e. The zero-order chi connectivity index (χ0) is 26.3. The first-order valence-electron chi connectivity index (χ1n) is 13.1. The highest BCUT2D eigenvalue weighted by Crippen LogP contribution is 2.24. The van der Waals surface area contributed by atoms with Crippen molar-refractivity contribution in [2.24, 2.45) is 0 Å². The number of carbonyl (C=O) groups is 1. The average molecular weight is 513 g/mol. The number of nitrogens with one attached hydrogen (secondary N) is 3. The number of anilines is 1. The number of H-pyrrole nitrogens is 1. The van der Waals surface area contributed by atoms with E-state index in [1.165, 1.54) is 0 Å². The molecular formula is C30H32N4O4. The summed E-state index contributed by atoms with van der Waals surface area (Å²) >= 11 is 0. The molecule has 2 aromatic carbocycles. The van der Waals surface area contributed by atoms with Gasteiger partial charge in [0.05, 0.1) is 24.8 Å². The lowest BCUT2D eigenvalue weighted by Crippen LogP contribution is -2.33. The Morgan fingerprint density at radius 2 is 1.92 bits per heavy atom. The zero-order valence-corrected chi connectivity index (χ0v) is 21.5. The molecule has 38 heavy (non-hydrogen) atoms. The number of ether oxygens (including phenoxy) is 1. The number of nitrogens with zero attached hydrogens (tertiary/aromatic N) is 1. The van der Waals surface area contributed by atoms with E-state index < -0.39 is 6.17 Å². The summed E-state index contributed by atoms with van der Waals surface area (Å²) in [6, 6.07) is 17.0. The topological polar surface area (TPSA) is 109 Å². The normalized spacial score (nSPS) is 13.4. The molecule has 1 aliphatic rings. The molecule has 2 heterocycles. The van der Waals surface area contributed by atoms with Crippen molar-refractivity contribution in [1.29, 1.82) is 0 Å². The van der Waals surface area contributed by atoms with Crippen molar-refractivity contribution in [2.45, 2.75) is 51.6 Å². The SMILES string of the molecule is CCCOc1ccc(NC(NC(=O)c2cccc(Cc3n[nH]c(=O)c4c3CCCC4)c2)c2ccoc2)cc1. The molecule has 0 spiro atoms. The van der Waals surface area contributed by atoms with Crippen LogP contribution in [0.25, 0.3) is 0 Å². The number of amides is 1. The summed E-state index contributed by atoms with van der Waals surface area (Å²) in [6.45, 7) is 2.73. The smallest absolute Gasteiger partial charge is 0.267 e. The highest BCUT2D eigenvalue weighted by Gasteiger charge is 2.20. The Balaban J connectivity index is 1.31. The van der Waals surface area contributed by atoms with E-state index in [1.54, 1.807) is 18.6 Å². The van der Waals surface area contributed by atoms with Crippen LogP contribution in [0.15, 0.2) is 76.3 Å². The molecule has 0 aliphatic heterocycles. The van der Waals surface area contributed by atoms with Crippen LogP contribution in [-0.2, 0) is 19.3 Å². The van der Waals surface area contributed by atoms with Crippen LogP contribution in [0, 0.1) is 0 Å². The van der Waals surface area contributed by atoms with E-state index in [2.05, 4.69) is 27.8 Å². The van der Waals surface area contributed by atoms with E-state index in [-0.39, 0.29) is 11.5 Å². The first kappa shape index (κ1) is 25.3. The van der Waals surface area contributed by atoms with Crippen molar-refractivity contribution in [3.05, 3.63) is 111 Å².